The number of hydrogen-bond acceptors (Lipinski definition) is 3. The van der Waals surface area contributed by atoms with Crippen LogP contribution in [0.1, 0.15) is 59.8 Å². The number of carbonyl (C=O) groups is 1. The van der Waals surface area contributed by atoms with Crippen LogP contribution in [-0.4, -0.2) is 32.7 Å². The molecule has 3 nitrogen and oxygen atoms in total. The molecule has 25 heavy (non-hydrogen) atoms. The largest absolute Gasteiger partial charge is 0.456 e. The van der Waals surface area contributed by atoms with Crippen LogP contribution in [0.4, 0.5) is 13.2 Å². The molecule has 0 aliphatic heterocycles. The Morgan fingerprint density at radius 2 is 1.72 bits per heavy atom. The molecule has 0 N–H and O–H groups in total. The third-order valence-electron chi connectivity index (χ3n) is 6.67. The topological polar surface area (TPSA) is 35.5 Å². The first-order valence-electron chi connectivity index (χ1n) is 9.07. The van der Waals surface area contributed by atoms with E-state index in [1.165, 1.54) is 0 Å². The summed E-state index contributed by atoms with van der Waals surface area (Å²) in [5.41, 5.74) is -0.820. The Morgan fingerprint density at radius 1 is 1.16 bits per heavy atom. The Morgan fingerprint density at radius 3 is 2.20 bits per heavy atom. The van der Waals surface area contributed by atoms with E-state index in [1.807, 2.05) is 0 Å². The Bertz CT molecular complexity index is 527. The molecule has 0 saturated heterocycles. The van der Waals surface area contributed by atoms with Gasteiger partial charge in [0.15, 0.2) is 14.9 Å². The molecule has 2 fully saturated rings. The van der Waals surface area contributed by atoms with Crippen LogP contribution in [0.3, 0.4) is 0 Å². The van der Waals surface area contributed by atoms with E-state index in [1.54, 1.807) is 0 Å². The number of esters is 1. The average molecular weight is 381 g/mol. The molecule has 2 aliphatic rings. The molecule has 0 aromatic rings. The smallest absolute Gasteiger partial charge is 0.422 e. The lowest BCUT2D eigenvalue weighted by atomic mass is 9.46. The van der Waals surface area contributed by atoms with Crippen LogP contribution >= 0.6 is 0 Å². The molecular weight excluding hydrogens is 349 g/mol. The molecule has 2 rings (SSSR count). The molecule has 3 atom stereocenters. The van der Waals surface area contributed by atoms with E-state index in [0.29, 0.717) is 6.42 Å². The summed E-state index contributed by atoms with van der Waals surface area (Å²) in [6, 6.07) is 0. The Balaban J connectivity index is 2.25. The highest BCUT2D eigenvalue weighted by molar-refractivity contribution is 6.74. The quantitative estimate of drug-likeness (QED) is 0.480. The molecule has 0 amide bonds. The van der Waals surface area contributed by atoms with Gasteiger partial charge in [0, 0.05) is 0 Å². The van der Waals surface area contributed by atoms with Gasteiger partial charge in [-0.3, -0.25) is 4.79 Å². The van der Waals surface area contributed by atoms with Gasteiger partial charge in [-0.05, 0) is 42.8 Å². The maximum atomic E-state index is 12.4. The number of alkyl halides is 3. The van der Waals surface area contributed by atoms with Gasteiger partial charge in [0.05, 0.1) is 11.5 Å². The van der Waals surface area contributed by atoms with E-state index in [0.717, 1.165) is 25.7 Å². The highest BCUT2D eigenvalue weighted by atomic mass is 28.4. The maximum Gasteiger partial charge on any atom is 0.422 e. The lowest BCUT2D eigenvalue weighted by Gasteiger charge is -2.66. The van der Waals surface area contributed by atoms with Gasteiger partial charge >= 0.3 is 12.1 Å². The second-order valence-corrected chi connectivity index (χ2v) is 14.2. The third-order valence-corrected chi connectivity index (χ3v) is 11.2. The zero-order valence-electron chi connectivity index (χ0n) is 16.2. The van der Waals surface area contributed by atoms with Crippen LogP contribution in [0.25, 0.3) is 0 Å². The molecule has 7 heteroatoms. The van der Waals surface area contributed by atoms with Crippen molar-refractivity contribution in [3.05, 3.63) is 0 Å². The molecule has 146 valence electrons. The normalized spacial score (nSPS) is 33.4. The van der Waals surface area contributed by atoms with Crippen molar-refractivity contribution < 1.29 is 27.1 Å². The summed E-state index contributed by atoms with van der Waals surface area (Å²) in [5, 5.41) is -0.0316. The average Bonchev–Trinajstić information content (AvgIpc) is 2.42. The number of fused-ring (bicyclic) bond motifs is 1. The zero-order valence-corrected chi connectivity index (χ0v) is 17.2. The first-order valence-corrected chi connectivity index (χ1v) is 12.0. The van der Waals surface area contributed by atoms with E-state index in [9.17, 15) is 18.0 Å². The first kappa shape index (κ1) is 20.7. The van der Waals surface area contributed by atoms with Gasteiger partial charge in [0.1, 0.15) is 0 Å². The summed E-state index contributed by atoms with van der Waals surface area (Å²) >= 11 is 0. The van der Waals surface area contributed by atoms with Crippen molar-refractivity contribution in [3.8, 4) is 0 Å². The van der Waals surface area contributed by atoms with Gasteiger partial charge in [-0.1, -0.05) is 40.5 Å². The van der Waals surface area contributed by atoms with Crippen molar-refractivity contribution in [2.45, 2.75) is 89.7 Å². The molecule has 0 bridgehead atoms. The van der Waals surface area contributed by atoms with Gasteiger partial charge in [-0.2, -0.15) is 13.2 Å². The fraction of sp³-hybridized carbons (Fsp3) is 0.944. The number of rotatable bonds is 4. The number of ether oxygens (including phenoxy) is 1. The zero-order chi connectivity index (χ0) is 19.3. The molecule has 2 saturated carbocycles. The Kier molecular flexibility index (Phi) is 5.19. The van der Waals surface area contributed by atoms with Crippen molar-refractivity contribution >= 4 is 14.3 Å². The Hall–Kier alpha value is -0.563. The summed E-state index contributed by atoms with van der Waals surface area (Å²) < 4.78 is 48.6. The van der Waals surface area contributed by atoms with Crippen molar-refractivity contribution in [2.24, 2.45) is 11.3 Å². The van der Waals surface area contributed by atoms with E-state index in [-0.39, 0.29) is 10.5 Å². The molecule has 2 aliphatic carbocycles. The standard InChI is InChI=1S/C18H31F3O3Si/c1-15(2,3)25(5,6)24-17-10-8-7-9-16(17,4)11-13(17)14(22)23-12-18(19,20)21/h13H,7-12H2,1-6H3/t13-,16+,17+/m0/s1. The van der Waals surface area contributed by atoms with Gasteiger partial charge in [-0.15, -0.1) is 0 Å². The van der Waals surface area contributed by atoms with Crippen molar-refractivity contribution in [3.63, 3.8) is 0 Å². The van der Waals surface area contributed by atoms with Crippen LogP contribution in [0.15, 0.2) is 0 Å². The van der Waals surface area contributed by atoms with Crippen LogP contribution in [0.5, 0.6) is 0 Å². The predicted octanol–water partition coefficient (Wildman–Crippen LogP) is 5.45. The minimum Gasteiger partial charge on any atom is -0.456 e. The maximum absolute atomic E-state index is 12.4. The SMILES string of the molecule is CC(C)(C)[Si](C)(C)O[C@@]12CCCC[C@]1(C)C[C@H]2C(=O)OCC(F)(F)F. The molecule has 0 aromatic carbocycles. The van der Waals surface area contributed by atoms with Gasteiger partial charge in [-0.25, -0.2) is 0 Å². The highest BCUT2D eigenvalue weighted by Gasteiger charge is 2.69. The summed E-state index contributed by atoms with van der Waals surface area (Å²) in [6.07, 6.45) is -0.260. The van der Waals surface area contributed by atoms with E-state index in [4.69, 9.17) is 4.43 Å². The Labute approximate surface area is 149 Å². The number of halogens is 3. The van der Waals surface area contributed by atoms with Crippen molar-refractivity contribution in [1.82, 2.24) is 0 Å². The van der Waals surface area contributed by atoms with E-state index in [2.05, 4.69) is 45.5 Å². The lowest BCUT2D eigenvalue weighted by Crippen LogP contribution is -2.71. The minimum atomic E-state index is -4.50. The first-order chi connectivity index (χ1) is 11.1. The van der Waals surface area contributed by atoms with E-state index < -0.39 is 38.6 Å². The molecular formula is C18H31F3O3Si. The second-order valence-electron chi connectivity index (χ2n) is 9.50. The highest BCUT2D eigenvalue weighted by Crippen LogP contribution is 2.65. The molecule has 0 spiro atoms. The second kappa shape index (κ2) is 6.25. The number of carbonyl (C=O) groups excluding carboxylic acids is 1. The van der Waals surface area contributed by atoms with E-state index >= 15 is 0 Å². The fourth-order valence-corrected chi connectivity index (χ4v) is 5.86. The summed E-state index contributed by atoms with van der Waals surface area (Å²) in [4.78, 5) is 12.4. The summed E-state index contributed by atoms with van der Waals surface area (Å²) in [7, 11) is -2.18. The number of hydrogen-bond donors (Lipinski definition) is 0. The molecule has 0 aromatic heterocycles. The van der Waals surface area contributed by atoms with Crippen molar-refractivity contribution in [1.29, 1.82) is 0 Å². The minimum absolute atomic E-state index is 0.0316. The van der Waals surface area contributed by atoms with Crippen LogP contribution < -0.4 is 0 Å². The summed E-state index contributed by atoms with van der Waals surface area (Å²) in [6.45, 7) is 11.3. The van der Waals surface area contributed by atoms with Crippen LogP contribution in [-0.2, 0) is 14.0 Å². The van der Waals surface area contributed by atoms with Gasteiger partial charge < -0.3 is 9.16 Å². The monoisotopic (exact) mass is 380 g/mol. The fourth-order valence-electron chi connectivity index (χ4n) is 4.15. The third kappa shape index (κ3) is 3.77. The van der Waals surface area contributed by atoms with Gasteiger partial charge in [0.2, 0.25) is 0 Å². The van der Waals surface area contributed by atoms with Crippen LogP contribution in [0, 0.1) is 11.3 Å². The van der Waals surface area contributed by atoms with Crippen molar-refractivity contribution in [2.75, 3.05) is 6.61 Å². The molecule has 0 heterocycles. The van der Waals surface area contributed by atoms with Crippen LogP contribution in [0.2, 0.25) is 18.1 Å². The molecule has 0 unspecified atom stereocenters. The molecule has 0 radical (unpaired) electrons. The predicted molar refractivity (Wildman–Crippen MR) is 92.7 cm³/mol. The lowest BCUT2D eigenvalue weighted by molar-refractivity contribution is -0.239. The summed E-state index contributed by atoms with van der Waals surface area (Å²) in [5.74, 6) is -1.34. The van der Waals surface area contributed by atoms with Gasteiger partial charge in [0.25, 0.3) is 0 Å².